The van der Waals surface area contributed by atoms with Gasteiger partial charge in [0.05, 0.1) is 42.0 Å². The lowest BCUT2D eigenvalue weighted by Gasteiger charge is -2.09. The molecule has 0 fully saturated rings. The number of hydrogen-bond acceptors (Lipinski definition) is 6. The second kappa shape index (κ2) is 7.59. The van der Waals surface area contributed by atoms with Crippen LogP contribution in [0.15, 0.2) is 42.0 Å². The second-order valence-corrected chi connectivity index (χ2v) is 8.65. The third-order valence-corrected chi connectivity index (χ3v) is 5.07. The Labute approximate surface area is 164 Å². The number of methoxy groups -OCH3 is 1. The van der Waals surface area contributed by atoms with Crippen molar-refractivity contribution in [2.24, 2.45) is 0 Å². The van der Waals surface area contributed by atoms with E-state index in [-0.39, 0.29) is 16.6 Å². The van der Waals surface area contributed by atoms with E-state index in [4.69, 9.17) is 16.3 Å². The molecule has 0 aliphatic heterocycles. The molecule has 8 nitrogen and oxygen atoms in total. The molecule has 0 unspecified atom stereocenters. The van der Waals surface area contributed by atoms with E-state index < -0.39 is 10.0 Å². The van der Waals surface area contributed by atoms with Crippen molar-refractivity contribution in [3.8, 4) is 11.4 Å². The van der Waals surface area contributed by atoms with Gasteiger partial charge in [0, 0.05) is 16.1 Å². The predicted octanol–water partition coefficient (Wildman–Crippen LogP) is 3.22. The van der Waals surface area contributed by atoms with Gasteiger partial charge in [-0.1, -0.05) is 11.6 Å². The molecule has 1 aromatic carbocycles. The summed E-state index contributed by atoms with van der Waals surface area (Å²) in [5.74, 6) is 0.259. The molecule has 0 bridgehead atoms. The minimum atomic E-state index is -3.46. The highest BCUT2D eigenvalue weighted by molar-refractivity contribution is 7.92. The number of nitrogens with one attached hydrogen (secondary N) is 2. The predicted molar refractivity (Wildman–Crippen MR) is 106 cm³/mol. The number of anilines is 2. The summed E-state index contributed by atoms with van der Waals surface area (Å²) in [6, 6.07) is 6.15. The van der Waals surface area contributed by atoms with Crippen LogP contribution in [0, 0.1) is 0 Å². The first-order chi connectivity index (χ1) is 12.7. The molecule has 0 aliphatic rings. The van der Waals surface area contributed by atoms with Crippen molar-refractivity contribution in [1.29, 1.82) is 0 Å². The number of carbonyl (C=O) groups excluding carboxylic acids is 1. The van der Waals surface area contributed by atoms with Gasteiger partial charge in [-0.15, -0.1) is 11.3 Å². The smallest absolute Gasteiger partial charge is 0.265 e. The highest BCUT2D eigenvalue weighted by Gasteiger charge is 2.13. The van der Waals surface area contributed by atoms with Crippen LogP contribution in [-0.4, -0.2) is 37.5 Å². The number of ether oxygens (including phenoxy) is 1. The summed E-state index contributed by atoms with van der Waals surface area (Å²) in [5.41, 5.74) is 1.35. The zero-order valence-corrected chi connectivity index (χ0v) is 16.7. The van der Waals surface area contributed by atoms with Crippen LogP contribution in [0.5, 0.6) is 5.75 Å². The Morgan fingerprint density at radius 1 is 1.26 bits per heavy atom. The number of halogens is 1. The summed E-state index contributed by atoms with van der Waals surface area (Å²) in [7, 11) is -1.91. The van der Waals surface area contributed by atoms with Crippen LogP contribution >= 0.6 is 22.9 Å². The summed E-state index contributed by atoms with van der Waals surface area (Å²) < 4.78 is 31.7. The Hall–Kier alpha value is -2.56. The summed E-state index contributed by atoms with van der Waals surface area (Å²) in [5, 5.41) is 8.93. The molecule has 1 amide bonds. The number of nitrogens with zero attached hydrogens (tertiary/aromatic N) is 2. The fraction of sp³-hybridized carbons (Fsp3) is 0.125. The molecule has 2 heterocycles. The van der Waals surface area contributed by atoms with Gasteiger partial charge in [0.1, 0.15) is 0 Å². The van der Waals surface area contributed by atoms with Gasteiger partial charge in [-0.05, 0) is 24.3 Å². The molecule has 0 saturated heterocycles. The largest absolute Gasteiger partial charge is 0.493 e. The maximum absolute atomic E-state index is 12.5. The monoisotopic (exact) mass is 426 g/mol. The molecule has 0 saturated carbocycles. The average molecular weight is 427 g/mol. The summed E-state index contributed by atoms with van der Waals surface area (Å²) in [4.78, 5) is 12.9. The standard InChI is InChI=1S/C16H15ClN4O4S2/c1-25-14-7-18-21(8-14)13-6-15(26-9-13)16(22)19-11-3-10(17)4-12(5-11)20-27(2,23)24/h3-9,20H,1-2H3,(H,19,22). The van der Waals surface area contributed by atoms with Gasteiger partial charge in [-0.3, -0.25) is 9.52 Å². The minimum absolute atomic E-state index is 0.260. The molecule has 0 radical (unpaired) electrons. The quantitative estimate of drug-likeness (QED) is 0.630. The third kappa shape index (κ3) is 5.00. The Kier molecular flexibility index (Phi) is 5.40. The Morgan fingerprint density at radius 3 is 2.67 bits per heavy atom. The fourth-order valence-corrected chi connectivity index (χ4v) is 3.80. The second-order valence-electron chi connectivity index (χ2n) is 5.55. The molecule has 3 aromatic rings. The highest BCUT2D eigenvalue weighted by atomic mass is 35.5. The average Bonchev–Trinajstić information content (AvgIpc) is 3.21. The van der Waals surface area contributed by atoms with Crippen molar-refractivity contribution in [2.75, 3.05) is 23.4 Å². The van der Waals surface area contributed by atoms with Gasteiger partial charge >= 0.3 is 0 Å². The Bertz CT molecular complexity index is 1090. The van der Waals surface area contributed by atoms with E-state index in [9.17, 15) is 13.2 Å². The molecular formula is C16H15ClN4O4S2. The van der Waals surface area contributed by atoms with Gasteiger partial charge in [0.15, 0.2) is 5.75 Å². The number of sulfonamides is 1. The molecule has 3 rings (SSSR count). The number of benzene rings is 1. The molecule has 2 aromatic heterocycles. The van der Waals surface area contributed by atoms with Gasteiger partial charge in [0.2, 0.25) is 10.0 Å². The van der Waals surface area contributed by atoms with Crippen molar-refractivity contribution in [3.05, 3.63) is 51.9 Å². The van der Waals surface area contributed by atoms with Gasteiger partial charge in [-0.2, -0.15) is 5.10 Å². The van der Waals surface area contributed by atoms with Crippen molar-refractivity contribution >= 4 is 50.2 Å². The van der Waals surface area contributed by atoms with Crippen LogP contribution in [0.3, 0.4) is 0 Å². The SMILES string of the molecule is COc1cnn(-c2csc(C(=O)Nc3cc(Cl)cc(NS(C)(=O)=O)c3)c2)c1. The van der Waals surface area contributed by atoms with Crippen molar-refractivity contribution in [1.82, 2.24) is 9.78 Å². The molecule has 0 atom stereocenters. The van der Waals surface area contributed by atoms with E-state index in [2.05, 4.69) is 15.1 Å². The maximum Gasteiger partial charge on any atom is 0.265 e. The number of aromatic nitrogens is 2. The Balaban J connectivity index is 1.78. The number of amides is 1. The summed E-state index contributed by atoms with van der Waals surface area (Å²) in [6.45, 7) is 0. The van der Waals surface area contributed by atoms with E-state index in [0.29, 0.717) is 16.3 Å². The van der Waals surface area contributed by atoms with Crippen LogP contribution in [-0.2, 0) is 10.0 Å². The van der Waals surface area contributed by atoms with Crippen molar-refractivity contribution in [3.63, 3.8) is 0 Å². The van der Waals surface area contributed by atoms with E-state index in [1.54, 1.807) is 35.6 Å². The lowest BCUT2D eigenvalue weighted by Crippen LogP contribution is -2.12. The maximum atomic E-state index is 12.5. The number of carbonyl (C=O) groups is 1. The number of thiophene rings is 1. The van der Waals surface area contributed by atoms with Crippen LogP contribution in [0.25, 0.3) is 5.69 Å². The molecular weight excluding hydrogens is 412 g/mol. The molecule has 11 heteroatoms. The normalized spacial score (nSPS) is 11.2. The number of rotatable bonds is 6. The topological polar surface area (TPSA) is 102 Å². The van der Waals surface area contributed by atoms with E-state index in [1.165, 1.54) is 29.5 Å². The molecule has 0 spiro atoms. The van der Waals surface area contributed by atoms with E-state index in [1.807, 2.05) is 0 Å². The fourth-order valence-electron chi connectivity index (χ4n) is 2.25. The zero-order valence-electron chi connectivity index (χ0n) is 14.3. The lowest BCUT2D eigenvalue weighted by molar-refractivity contribution is 0.103. The first kappa shape index (κ1) is 19.2. The van der Waals surface area contributed by atoms with Gasteiger partial charge in [-0.25, -0.2) is 13.1 Å². The van der Waals surface area contributed by atoms with Crippen molar-refractivity contribution < 1.29 is 17.9 Å². The van der Waals surface area contributed by atoms with Crippen molar-refractivity contribution in [2.45, 2.75) is 0 Å². The molecule has 2 N–H and O–H groups in total. The van der Waals surface area contributed by atoms with Crippen LogP contribution in [0.1, 0.15) is 9.67 Å². The highest BCUT2D eigenvalue weighted by Crippen LogP contribution is 2.25. The van der Waals surface area contributed by atoms with E-state index >= 15 is 0 Å². The first-order valence-electron chi connectivity index (χ1n) is 7.51. The lowest BCUT2D eigenvalue weighted by atomic mass is 10.2. The van der Waals surface area contributed by atoms with Crippen LogP contribution < -0.4 is 14.8 Å². The summed E-state index contributed by atoms with van der Waals surface area (Å²) >= 11 is 7.25. The summed E-state index contributed by atoms with van der Waals surface area (Å²) in [6.07, 6.45) is 4.30. The van der Waals surface area contributed by atoms with E-state index in [0.717, 1.165) is 11.9 Å². The van der Waals surface area contributed by atoms with Crippen LogP contribution in [0.4, 0.5) is 11.4 Å². The Morgan fingerprint density at radius 2 is 2.00 bits per heavy atom. The molecule has 142 valence electrons. The molecule has 27 heavy (non-hydrogen) atoms. The zero-order chi connectivity index (χ0) is 19.6. The minimum Gasteiger partial charge on any atom is -0.493 e. The molecule has 0 aliphatic carbocycles. The van der Waals surface area contributed by atoms with Gasteiger partial charge < -0.3 is 10.1 Å². The number of hydrogen-bond donors (Lipinski definition) is 2. The first-order valence-corrected chi connectivity index (χ1v) is 10.7. The van der Waals surface area contributed by atoms with Gasteiger partial charge in [0.25, 0.3) is 5.91 Å². The van der Waals surface area contributed by atoms with Crippen LogP contribution in [0.2, 0.25) is 5.02 Å². The third-order valence-electron chi connectivity index (χ3n) is 3.33.